The van der Waals surface area contributed by atoms with Gasteiger partial charge in [0.15, 0.2) is 16.7 Å². The summed E-state index contributed by atoms with van der Waals surface area (Å²) < 4.78 is 75.4. The lowest BCUT2D eigenvalue weighted by Crippen LogP contribution is -2.24. The van der Waals surface area contributed by atoms with Gasteiger partial charge in [-0.25, -0.2) is 27.0 Å². The first-order valence-corrected chi connectivity index (χ1v) is 14.3. The normalized spacial score (nSPS) is 18.1. The molecule has 4 aromatic heterocycles. The zero-order valence-corrected chi connectivity index (χ0v) is 23.3. The molecule has 0 N–H and O–H groups in total. The minimum Gasteiger partial charge on any atom is -0.277 e. The maximum Gasteiger partial charge on any atom is 0.333 e. The van der Waals surface area contributed by atoms with Gasteiger partial charge in [-0.05, 0) is 60.9 Å². The number of alkyl halides is 2. The molecule has 210 valence electrons. The van der Waals surface area contributed by atoms with Crippen LogP contribution in [0.4, 0.5) is 17.6 Å². The minimum absolute atomic E-state index is 0.135. The van der Waals surface area contributed by atoms with Crippen LogP contribution in [0.1, 0.15) is 47.2 Å². The molecule has 1 fully saturated rings. The van der Waals surface area contributed by atoms with Crippen LogP contribution < -0.4 is 5.56 Å². The van der Waals surface area contributed by atoms with Crippen molar-refractivity contribution in [2.45, 2.75) is 43.7 Å². The zero-order valence-electron chi connectivity index (χ0n) is 21.7. The van der Waals surface area contributed by atoms with E-state index in [1.165, 1.54) is 44.2 Å². The maximum atomic E-state index is 16.1. The van der Waals surface area contributed by atoms with Gasteiger partial charge in [-0.1, -0.05) is 11.6 Å². The van der Waals surface area contributed by atoms with Crippen molar-refractivity contribution in [2.24, 2.45) is 4.36 Å². The number of hydrogen-bond acceptors (Lipinski definition) is 6. The Bertz CT molecular complexity index is 1850. The first-order valence-electron chi connectivity index (χ1n) is 12.0. The summed E-state index contributed by atoms with van der Waals surface area (Å²) in [6.45, 7) is 0.389. The average molecular weight is 595 g/mol. The van der Waals surface area contributed by atoms with Crippen molar-refractivity contribution in [3.8, 4) is 16.9 Å². The first kappa shape index (κ1) is 28.0. The molecule has 0 saturated heterocycles. The Balaban J connectivity index is 1.59. The highest BCUT2D eigenvalue weighted by Crippen LogP contribution is 2.56. The monoisotopic (exact) mass is 594 g/mol. The molecule has 0 bridgehead atoms. The van der Waals surface area contributed by atoms with Gasteiger partial charge in [0.1, 0.15) is 10.7 Å². The Morgan fingerprint density at radius 1 is 1.15 bits per heavy atom. The second-order valence-electron chi connectivity index (χ2n) is 9.59. The number of nitrogens with zero attached hydrogens (tertiary/aromatic N) is 6. The van der Waals surface area contributed by atoms with Gasteiger partial charge < -0.3 is 0 Å². The lowest BCUT2D eigenvalue weighted by Gasteiger charge is -2.18. The van der Waals surface area contributed by atoms with Crippen molar-refractivity contribution in [3.05, 3.63) is 86.3 Å². The van der Waals surface area contributed by atoms with Crippen molar-refractivity contribution < 1.29 is 21.8 Å². The van der Waals surface area contributed by atoms with Crippen LogP contribution in [0.5, 0.6) is 0 Å². The number of rotatable bonds is 6. The molecule has 1 saturated carbocycles. The summed E-state index contributed by atoms with van der Waals surface area (Å²) in [4.78, 5) is 21.4. The van der Waals surface area contributed by atoms with E-state index in [-0.39, 0.29) is 33.7 Å². The zero-order chi connectivity index (χ0) is 29.1. The van der Waals surface area contributed by atoms with E-state index in [0.29, 0.717) is 27.9 Å². The molecule has 5 rings (SSSR count). The SMILES string of the molecule is CN=S(C)(=O)c1nccc(-c2ncc(C)c(-n3c(C)cc([C@@H]4CC4c4cnn(C(F)F)c4)c(Cl)c3=O)c2F)c1F. The van der Waals surface area contributed by atoms with Crippen LogP contribution in [-0.2, 0) is 9.73 Å². The number of aryl methyl sites for hydroxylation is 2. The van der Waals surface area contributed by atoms with E-state index in [1.807, 2.05) is 0 Å². The molecule has 4 aromatic rings. The van der Waals surface area contributed by atoms with Crippen molar-refractivity contribution >= 4 is 21.3 Å². The van der Waals surface area contributed by atoms with Crippen LogP contribution in [0.25, 0.3) is 16.9 Å². The predicted molar refractivity (Wildman–Crippen MR) is 142 cm³/mol. The fraction of sp³-hybridized carbons (Fsp3) is 0.308. The van der Waals surface area contributed by atoms with Crippen molar-refractivity contribution in [2.75, 3.05) is 13.3 Å². The molecular weight excluding hydrogens is 572 g/mol. The second kappa shape index (κ2) is 10.1. The number of halogens is 5. The van der Waals surface area contributed by atoms with E-state index in [9.17, 15) is 17.8 Å². The predicted octanol–water partition coefficient (Wildman–Crippen LogP) is 5.79. The Morgan fingerprint density at radius 3 is 2.52 bits per heavy atom. The van der Waals surface area contributed by atoms with Gasteiger partial charge in [0.25, 0.3) is 5.56 Å². The van der Waals surface area contributed by atoms with Gasteiger partial charge in [0.05, 0.1) is 21.6 Å². The fourth-order valence-corrected chi connectivity index (χ4v) is 5.98. The summed E-state index contributed by atoms with van der Waals surface area (Å²) >= 11 is 6.51. The number of pyridine rings is 3. The van der Waals surface area contributed by atoms with E-state index in [4.69, 9.17) is 11.6 Å². The molecule has 40 heavy (non-hydrogen) atoms. The topological polar surface area (TPSA) is 95.0 Å². The second-order valence-corrected chi connectivity index (χ2v) is 12.3. The van der Waals surface area contributed by atoms with Gasteiger partial charge in [-0.3, -0.25) is 14.3 Å². The smallest absolute Gasteiger partial charge is 0.277 e. The highest BCUT2D eigenvalue weighted by Gasteiger charge is 2.42. The van der Waals surface area contributed by atoms with E-state index in [2.05, 4.69) is 19.4 Å². The Kier molecular flexibility index (Phi) is 7.07. The van der Waals surface area contributed by atoms with Gasteiger partial charge >= 0.3 is 6.55 Å². The summed E-state index contributed by atoms with van der Waals surface area (Å²) in [5, 5.41) is 3.10. The van der Waals surface area contributed by atoms with Crippen molar-refractivity contribution in [1.29, 1.82) is 0 Å². The fourth-order valence-electron chi connectivity index (χ4n) is 4.83. The van der Waals surface area contributed by atoms with Crippen LogP contribution in [0.2, 0.25) is 5.02 Å². The van der Waals surface area contributed by atoms with E-state index in [0.717, 1.165) is 4.57 Å². The van der Waals surface area contributed by atoms with Crippen LogP contribution in [0.15, 0.2) is 51.1 Å². The Morgan fingerprint density at radius 2 is 1.88 bits per heavy atom. The molecule has 0 spiro atoms. The molecule has 0 aromatic carbocycles. The summed E-state index contributed by atoms with van der Waals surface area (Å²) in [5.41, 5.74) is 0.219. The highest BCUT2D eigenvalue weighted by molar-refractivity contribution is 7.92. The van der Waals surface area contributed by atoms with Gasteiger partial charge in [0.2, 0.25) is 0 Å². The summed E-state index contributed by atoms with van der Waals surface area (Å²) in [6, 6.07) is 2.86. The third-order valence-electron chi connectivity index (χ3n) is 7.02. The van der Waals surface area contributed by atoms with E-state index >= 15 is 8.78 Å². The molecule has 0 amide bonds. The largest absolute Gasteiger partial charge is 0.333 e. The number of hydrogen-bond donors (Lipinski definition) is 0. The van der Waals surface area contributed by atoms with Crippen LogP contribution in [-0.4, -0.2) is 41.8 Å². The van der Waals surface area contributed by atoms with Crippen molar-refractivity contribution in [1.82, 2.24) is 24.3 Å². The quantitative estimate of drug-likeness (QED) is 0.263. The average Bonchev–Trinajstić information content (AvgIpc) is 3.54. The Hall–Kier alpha value is -3.58. The highest BCUT2D eigenvalue weighted by atomic mass is 35.5. The molecule has 4 heterocycles. The third kappa shape index (κ3) is 4.60. The molecular formula is C26H23ClF4N6O2S. The van der Waals surface area contributed by atoms with E-state index < -0.39 is 44.2 Å². The molecule has 0 aliphatic heterocycles. The molecule has 14 heteroatoms. The van der Waals surface area contributed by atoms with Gasteiger partial charge in [-0.15, -0.1) is 0 Å². The first-order chi connectivity index (χ1) is 18.9. The minimum atomic E-state index is -3.17. The summed E-state index contributed by atoms with van der Waals surface area (Å²) in [5.74, 6) is -2.35. The molecule has 1 aliphatic carbocycles. The van der Waals surface area contributed by atoms with E-state index in [1.54, 1.807) is 19.9 Å². The number of aromatic nitrogens is 5. The van der Waals surface area contributed by atoms with Gasteiger partial charge in [-0.2, -0.15) is 13.9 Å². The standard InChI is InChI=1S/C26H23ClF4N6O2S/c1-12-9-34-22(15-5-6-33-24(20(15)28)40(4,39)32-3)21(29)23(12)37-13(2)7-18(19(27)25(37)38)17-8-16(17)14-10-35-36(11-14)26(30)31/h5-7,9-11,16-17,26H,8H2,1-4H3/t16?,17-,40?/m1/s1. The molecule has 8 nitrogen and oxygen atoms in total. The maximum absolute atomic E-state index is 16.1. The molecule has 3 atom stereocenters. The Labute approximate surface area is 231 Å². The molecule has 2 unspecified atom stereocenters. The summed E-state index contributed by atoms with van der Waals surface area (Å²) in [7, 11) is -1.91. The van der Waals surface area contributed by atoms with Crippen molar-refractivity contribution in [3.63, 3.8) is 0 Å². The van der Waals surface area contributed by atoms with Crippen LogP contribution in [0, 0.1) is 25.5 Å². The molecule has 1 aliphatic rings. The van der Waals surface area contributed by atoms with Gasteiger partial charge in [0, 0.05) is 43.2 Å². The lowest BCUT2D eigenvalue weighted by molar-refractivity contribution is 0.0565. The molecule has 0 radical (unpaired) electrons. The summed E-state index contributed by atoms with van der Waals surface area (Å²) in [6.07, 6.45) is 6.91. The lowest BCUT2D eigenvalue weighted by atomic mass is 10.1. The van der Waals surface area contributed by atoms with Crippen LogP contribution >= 0.6 is 11.6 Å². The third-order valence-corrected chi connectivity index (χ3v) is 9.10. The van der Waals surface area contributed by atoms with Crippen LogP contribution in [0.3, 0.4) is 0 Å².